The lowest BCUT2D eigenvalue weighted by atomic mass is 9.87. The fourth-order valence-corrected chi connectivity index (χ4v) is 1.67. The number of aliphatic hydroxyl groups excluding tert-OH is 2. The lowest BCUT2D eigenvalue weighted by Crippen LogP contribution is -2.48. The summed E-state index contributed by atoms with van der Waals surface area (Å²) in [5, 5.41) is 19.3. The van der Waals surface area contributed by atoms with Crippen LogP contribution in [-0.4, -0.2) is 34.0 Å². The predicted octanol–water partition coefficient (Wildman–Crippen LogP) is 0.0698. The molecule has 4 nitrogen and oxygen atoms in total. The van der Waals surface area contributed by atoms with Crippen molar-refractivity contribution in [2.24, 2.45) is 5.92 Å². The van der Waals surface area contributed by atoms with Gasteiger partial charge in [0.2, 0.25) is 0 Å². The number of cyclic esters (lactones) is 1. The summed E-state index contributed by atoms with van der Waals surface area (Å²) in [6, 6.07) is 0. The zero-order valence-electron chi connectivity index (χ0n) is 8.15. The summed E-state index contributed by atoms with van der Waals surface area (Å²) in [4.78, 5) is 11.1. The topological polar surface area (TPSA) is 66.8 Å². The van der Waals surface area contributed by atoms with Gasteiger partial charge in [-0.2, -0.15) is 0 Å². The lowest BCUT2D eigenvalue weighted by Gasteiger charge is -2.31. The van der Waals surface area contributed by atoms with Gasteiger partial charge in [0, 0.05) is 0 Å². The Balaban J connectivity index is 2.87. The molecule has 1 rings (SSSR count). The third kappa shape index (κ3) is 1.44. The van der Waals surface area contributed by atoms with E-state index in [-0.39, 0.29) is 0 Å². The van der Waals surface area contributed by atoms with Gasteiger partial charge >= 0.3 is 5.97 Å². The highest BCUT2D eigenvalue weighted by Gasteiger charge is 2.53. The second-order valence-electron chi connectivity index (χ2n) is 3.76. The van der Waals surface area contributed by atoms with Crippen LogP contribution >= 0.6 is 0 Å². The van der Waals surface area contributed by atoms with Gasteiger partial charge in [0.25, 0.3) is 0 Å². The van der Waals surface area contributed by atoms with E-state index in [0.717, 1.165) is 0 Å². The molecule has 0 unspecified atom stereocenters. The van der Waals surface area contributed by atoms with Crippen molar-refractivity contribution in [2.45, 2.75) is 45.0 Å². The average Bonchev–Trinajstić information content (AvgIpc) is 2.30. The Morgan fingerprint density at radius 3 is 2.54 bits per heavy atom. The van der Waals surface area contributed by atoms with E-state index in [4.69, 9.17) is 4.74 Å². The zero-order chi connectivity index (χ0) is 10.2. The number of rotatable bonds is 2. The van der Waals surface area contributed by atoms with Gasteiger partial charge in [-0.15, -0.1) is 0 Å². The van der Waals surface area contributed by atoms with E-state index in [9.17, 15) is 15.0 Å². The summed E-state index contributed by atoms with van der Waals surface area (Å²) in [7, 11) is 0. The maximum atomic E-state index is 11.1. The van der Waals surface area contributed by atoms with Gasteiger partial charge in [-0.3, -0.25) is 4.79 Å². The van der Waals surface area contributed by atoms with Crippen molar-refractivity contribution >= 4 is 5.97 Å². The molecule has 0 aromatic carbocycles. The van der Waals surface area contributed by atoms with Gasteiger partial charge in [-0.05, 0) is 20.3 Å². The van der Waals surface area contributed by atoms with Crippen LogP contribution in [0.1, 0.15) is 27.2 Å². The molecule has 0 spiro atoms. The molecule has 0 radical (unpaired) electrons. The standard InChI is InChI=1S/C9H16O4/c1-4-6(10)9(3)7(11)5(2)8(12)13-9/h5-7,10-11H,4H2,1-3H3/t5-,6-,7-,9-/m1/s1. The van der Waals surface area contributed by atoms with Crippen molar-refractivity contribution in [1.82, 2.24) is 0 Å². The molecule has 2 N–H and O–H groups in total. The normalized spacial score (nSPS) is 41.8. The van der Waals surface area contributed by atoms with Gasteiger partial charge in [0.15, 0.2) is 5.60 Å². The Hall–Kier alpha value is -0.610. The second-order valence-corrected chi connectivity index (χ2v) is 3.76. The molecule has 1 saturated heterocycles. The molecule has 0 amide bonds. The van der Waals surface area contributed by atoms with E-state index >= 15 is 0 Å². The zero-order valence-corrected chi connectivity index (χ0v) is 8.15. The molecule has 4 atom stereocenters. The Labute approximate surface area is 77.5 Å². The van der Waals surface area contributed by atoms with Gasteiger partial charge in [-0.25, -0.2) is 0 Å². The number of carbonyl (C=O) groups is 1. The third-order valence-corrected chi connectivity index (χ3v) is 2.80. The van der Waals surface area contributed by atoms with E-state index < -0.39 is 29.7 Å². The second kappa shape index (κ2) is 3.27. The maximum absolute atomic E-state index is 11.1. The third-order valence-electron chi connectivity index (χ3n) is 2.80. The van der Waals surface area contributed by atoms with Crippen LogP contribution in [0.4, 0.5) is 0 Å². The maximum Gasteiger partial charge on any atom is 0.312 e. The molecular weight excluding hydrogens is 172 g/mol. The first kappa shape index (κ1) is 10.5. The van der Waals surface area contributed by atoms with E-state index in [2.05, 4.69) is 0 Å². The summed E-state index contributed by atoms with van der Waals surface area (Å²) < 4.78 is 4.99. The first-order valence-electron chi connectivity index (χ1n) is 4.52. The first-order chi connectivity index (χ1) is 5.93. The van der Waals surface area contributed by atoms with Gasteiger partial charge in [0.05, 0.1) is 12.0 Å². The van der Waals surface area contributed by atoms with E-state index in [0.29, 0.717) is 6.42 Å². The summed E-state index contributed by atoms with van der Waals surface area (Å²) in [6.07, 6.45) is -1.28. The van der Waals surface area contributed by atoms with E-state index in [1.807, 2.05) is 0 Å². The average molecular weight is 188 g/mol. The molecule has 1 aliphatic rings. The molecule has 1 fully saturated rings. The van der Waals surface area contributed by atoms with Gasteiger partial charge < -0.3 is 14.9 Å². The van der Waals surface area contributed by atoms with E-state index in [1.54, 1.807) is 20.8 Å². The number of hydrogen-bond acceptors (Lipinski definition) is 4. The van der Waals surface area contributed by atoms with Gasteiger partial charge in [0.1, 0.15) is 6.10 Å². The number of esters is 1. The minimum Gasteiger partial charge on any atom is -0.454 e. The first-order valence-corrected chi connectivity index (χ1v) is 4.52. The van der Waals surface area contributed by atoms with Crippen molar-refractivity contribution in [1.29, 1.82) is 0 Å². The molecule has 0 saturated carbocycles. The summed E-state index contributed by atoms with van der Waals surface area (Å²) >= 11 is 0. The smallest absolute Gasteiger partial charge is 0.312 e. The summed E-state index contributed by atoms with van der Waals surface area (Å²) in [5.74, 6) is -0.992. The van der Waals surface area contributed by atoms with Crippen LogP contribution in [-0.2, 0) is 9.53 Å². The molecule has 1 aliphatic heterocycles. The van der Waals surface area contributed by atoms with Crippen molar-refractivity contribution in [2.75, 3.05) is 0 Å². The monoisotopic (exact) mass is 188 g/mol. The lowest BCUT2D eigenvalue weighted by molar-refractivity contribution is -0.163. The number of carbonyl (C=O) groups excluding carboxylic acids is 1. The van der Waals surface area contributed by atoms with E-state index in [1.165, 1.54) is 0 Å². The highest BCUT2D eigenvalue weighted by molar-refractivity contribution is 5.76. The van der Waals surface area contributed by atoms with Crippen molar-refractivity contribution < 1.29 is 19.7 Å². The van der Waals surface area contributed by atoms with Gasteiger partial charge in [-0.1, -0.05) is 6.92 Å². The van der Waals surface area contributed by atoms with Crippen LogP contribution in [0.3, 0.4) is 0 Å². The molecule has 76 valence electrons. The molecule has 0 aromatic heterocycles. The number of ether oxygens (including phenoxy) is 1. The van der Waals surface area contributed by atoms with Crippen LogP contribution in [0.5, 0.6) is 0 Å². The van der Waals surface area contributed by atoms with Crippen molar-refractivity contribution in [3.63, 3.8) is 0 Å². The molecule has 1 heterocycles. The number of hydrogen-bond donors (Lipinski definition) is 2. The Bertz CT molecular complexity index is 216. The van der Waals surface area contributed by atoms with Crippen LogP contribution in [0.15, 0.2) is 0 Å². The van der Waals surface area contributed by atoms with Crippen LogP contribution < -0.4 is 0 Å². The molecule has 13 heavy (non-hydrogen) atoms. The Kier molecular flexibility index (Phi) is 2.63. The molecule has 0 aromatic rings. The summed E-state index contributed by atoms with van der Waals surface area (Å²) in [6.45, 7) is 4.94. The molecule has 0 bridgehead atoms. The van der Waals surface area contributed by atoms with Crippen molar-refractivity contribution in [3.8, 4) is 0 Å². The fraction of sp³-hybridized carbons (Fsp3) is 0.889. The largest absolute Gasteiger partial charge is 0.454 e. The highest BCUT2D eigenvalue weighted by atomic mass is 16.6. The fourth-order valence-electron chi connectivity index (χ4n) is 1.67. The molecule has 4 heteroatoms. The van der Waals surface area contributed by atoms with Crippen LogP contribution in [0, 0.1) is 5.92 Å². The summed E-state index contributed by atoms with van der Waals surface area (Å²) in [5.41, 5.74) is -1.13. The molecule has 0 aliphatic carbocycles. The Morgan fingerprint density at radius 1 is 1.69 bits per heavy atom. The molecular formula is C9H16O4. The highest BCUT2D eigenvalue weighted by Crippen LogP contribution is 2.34. The SMILES string of the molecule is CC[C@@H](O)[C@@]1(C)OC(=O)[C@H](C)[C@H]1O. The quantitative estimate of drug-likeness (QED) is 0.602. The minimum atomic E-state index is -1.13. The van der Waals surface area contributed by atoms with Crippen LogP contribution in [0.2, 0.25) is 0 Å². The van der Waals surface area contributed by atoms with Crippen LogP contribution in [0.25, 0.3) is 0 Å². The van der Waals surface area contributed by atoms with Crippen molar-refractivity contribution in [3.05, 3.63) is 0 Å². The minimum absolute atomic E-state index is 0.442. The predicted molar refractivity (Wildman–Crippen MR) is 46.0 cm³/mol. The Morgan fingerprint density at radius 2 is 2.23 bits per heavy atom. The number of aliphatic hydroxyl groups is 2.